The van der Waals surface area contributed by atoms with Crippen molar-refractivity contribution < 1.29 is 13.2 Å². The Morgan fingerprint density at radius 2 is 2.10 bits per heavy atom. The number of hydrogen-bond donors (Lipinski definition) is 1. The van der Waals surface area contributed by atoms with Crippen LogP contribution in [-0.2, 0) is 14.8 Å². The van der Waals surface area contributed by atoms with Gasteiger partial charge in [0.2, 0.25) is 10.0 Å². The number of H-pyrrole nitrogens is 1. The Morgan fingerprint density at radius 1 is 1.23 bits per heavy atom. The zero-order valence-corrected chi connectivity index (χ0v) is 18.5. The number of morpholine rings is 1. The van der Waals surface area contributed by atoms with Crippen molar-refractivity contribution in [3.05, 3.63) is 36.3 Å². The van der Waals surface area contributed by atoms with Gasteiger partial charge in [-0.3, -0.25) is 0 Å². The number of pyridine rings is 1. The molecule has 3 aromatic heterocycles. The first kappa shape index (κ1) is 20.3. The second kappa shape index (κ2) is 7.85. The van der Waals surface area contributed by atoms with Gasteiger partial charge in [-0.2, -0.15) is 0 Å². The van der Waals surface area contributed by atoms with E-state index in [0.29, 0.717) is 32.1 Å². The van der Waals surface area contributed by atoms with Crippen molar-refractivity contribution in [1.82, 2.24) is 24.2 Å². The van der Waals surface area contributed by atoms with Crippen LogP contribution in [0.5, 0.6) is 0 Å². The normalized spacial score (nSPS) is 23.0. The van der Waals surface area contributed by atoms with Gasteiger partial charge in [0.15, 0.2) is 5.82 Å². The summed E-state index contributed by atoms with van der Waals surface area (Å²) < 4.78 is 31.2. The van der Waals surface area contributed by atoms with E-state index in [0.717, 1.165) is 41.1 Å². The van der Waals surface area contributed by atoms with Crippen LogP contribution in [0, 0.1) is 0 Å². The van der Waals surface area contributed by atoms with Crippen LogP contribution in [0.2, 0.25) is 0 Å². The van der Waals surface area contributed by atoms with E-state index in [2.05, 4.69) is 21.8 Å². The monoisotopic (exact) mass is 442 g/mol. The fourth-order valence-electron chi connectivity index (χ4n) is 4.42. The van der Waals surface area contributed by atoms with Crippen LogP contribution in [0.15, 0.2) is 30.6 Å². The smallest absolute Gasteiger partial charge is 0.211 e. The summed E-state index contributed by atoms with van der Waals surface area (Å²) in [4.78, 5) is 19.6. The van der Waals surface area contributed by atoms with Crippen LogP contribution in [0.3, 0.4) is 0 Å². The van der Waals surface area contributed by atoms with Crippen LogP contribution in [0.4, 0.5) is 5.82 Å². The SMILES string of the molecule is C[C@@H]1COCCN1c1cc(C2CCN(S(C)(=O)=O)C2)nc(-c2ccnc3[nH]ccc23)n1. The topological polar surface area (TPSA) is 104 Å². The lowest BCUT2D eigenvalue weighted by molar-refractivity contribution is 0.0985. The summed E-state index contributed by atoms with van der Waals surface area (Å²) in [5.41, 5.74) is 2.58. The highest BCUT2D eigenvalue weighted by molar-refractivity contribution is 7.88. The molecule has 0 amide bonds. The van der Waals surface area contributed by atoms with Gasteiger partial charge in [-0.25, -0.2) is 27.7 Å². The molecule has 3 aromatic rings. The van der Waals surface area contributed by atoms with Gasteiger partial charge >= 0.3 is 0 Å². The van der Waals surface area contributed by atoms with E-state index in [9.17, 15) is 8.42 Å². The Hall–Kier alpha value is -2.56. The maximum absolute atomic E-state index is 12.0. The summed E-state index contributed by atoms with van der Waals surface area (Å²) in [6.45, 7) is 5.15. The van der Waals surface area contributed by atoms with E-state index in [1.54, 1.807) is 6.20 Å². The summed E-state index contributed by atoms with van der Waals surface area (Å²) in [5, 5.41) is 0.963. The number of aromatic amines is 1. The highest BCUT2D eigenvalue weighted by Crippen LogP contribution is 2.33. The predicted molar refractivity (Wildman–Crippen MR) is 119 cm³/mol. The van der Waals surface area contributed by atoms with Crippen molar-refractivity contribution in [3.8, 4) is 11.4 Å². The molecule has 2 saturated heterocycles. The molecule has 9 nitrogen and oxygen atoms in total. The number of nitrogens with zero attached hydrogens (tertiary/aromatic N) is 5. The maximum Gasteiger partial charge on any atom is 0.211 e. The van der Waals surface area contributed by atoms with Gasteiger partial charge in [-0.15, -0.1) is 0 Å². The van der Waals surface area contributed by atoms with E-state index in [1.807, 2.05) is 24.4 Å². The Bertz CT molecular complexity index is 1210. The average molecular weight is 443 g/mol. The number of anilines is 1. The second-order valence-corrected chi connectivity index (χ2v) is 10.3. The quantitative estimate of drug-likeness (QED) is 0.659. The molecule has 0 saturated carbocycles. The molecule has 2 fully saturated rings. The minimum atomic E-state index is -3.22. The van der Waals surface area contributed by atoms with Gasteiger partial charge in [0.1, 0.15) is 11.5 Å². The molecule has 2 aliphatic rings. The lowest BCUT2D eigenvalue weighted by atomic mass is 10.0. The first-order valence-corrected chi connectivity index (χ1v) is 12.4. The molecule has 5 rings (SSSR count). The zero-order valence-electron chi connectivity index (χ0n) is 17.7. The van der Waals surface area contributed by atoms with Crippen molar-refractivity contribution in [1.29, 1.82) is 0 Å². The number of hydrogen-bond acceptors (Lipinski definition) is 7. The van der Waals surface area contributed by atoms with Crippen LogP contribution in [-0.4, -0.2) is 77.8 Å². The highest BCUT2D eigenvalue weighted by atomic mass is 32.2. The summed E-state index contributed by atoms with van der Waals surface area (Å²) in [5.74, 6) is 1.53. The summed E-state index contributed by atoms with van der Waals surface area (Å²) in [6.07, 6.45) is 5.62. The summed E-state index contributed by atoms with van der Waals surface area (Å²) in [7, 11) is -3.22. The fraction of sp³-hybridized carbons (Fsp3) is 0.476. The van der Waals surface area contributed by atoms with Gasteiger partial charge in [-0.1, -0.05) is 0 Å². The van der Waals surface area contributed by atoms with Crippen LogP contribution in [0.1, 0.15) is 25.0 Å². The molecular weight excluding hydrogens is 416 g/mol. The number of aromatic nitrogens is 4. The Kier molecular flexibility index (Phi) is 5.15. The molecule has 0 radical (unpaired) electrons. The molecular formula is C21H26N6O3S. The van der Waals surface area contributed by atoms with E-state index in [-0.39, 0.29) is 12.0 Å². The van der Waals surface area contributed by atoms with Gasteiger partial charge in [0, 0.05) is 55.0 Å². The fourth-order valence-corrected chi connectivity index (χ4v) is 5.31. The van der Waals surface area contributed by atoms with Crippen molar-refractivity contribution in [2.24, 2.45) is 0 Å². The number of nitrogens with one attached hydrogen (secondary N) is 1. The third kappa shape index (κ3) is 3.90. The zero-order chi connectivity index (χ0) is 21.6. The van der Waals surface area contributed by atoms with Crippen LogP contribution in [0.25, 0.3) is 22.4 Å². The molecule has 1 N–H and O–H groups in total. The predicted octanol–water partition coefficient (Wildman–Crippen LogP) is 1.99. The van der Waals surface area contributed by atoms with Crippen LogP contribution >= 0.6 is 0 Å². The first-order chi connectivity index (χ1) is 14.9. The summed E-state index contributed by atoms with van der Waals surface area (Å²) in [6, 6.07) is 6.13. The lowest BCUT2D eigenvalue weighted by Gasteiger charge is -2.34. The number of rotatable bonds is 4. The second-order valence-electron chi connectivity index (χ2n) is 8.30. The van der Waals surface area contributed by atoms with Crippen molar-refractivity contribution in [3.63, 3.8) is 0 Å². The Labute approximate surface area is 181 Å². The first-order valence-electron chi connectivity index (χ1n) is 10.5. The molecule has 0 aliphatic carbocycles. The molecule has 2 aliphatic heterocycles. The largest absolute Gasteiger partial charge is 0.377 e. The Morgan fingerprint density at radius 3 is 2.87 bits per heavy atom. The summed E-state index contributed by atoms with van der Waals surface area (Å²) >= 11 is 0. The molecule has 1 unspecified atom stereocenters. The van der Waals surface area contributed by atoms with Crippen molar-refractivity contribution in [2.45, 2.75) is 25.3 Å². The van der Waals surface area contributed by atoms with Crippen molar-refractivity contribution in [2.75, 3.05) is 44.0 Å². The van der Waals surface area contributed by atoms with Crippen molar-refractivity contribution >= 4 is 26.9 Å². The standard InChI is InChI=1S/C21H26N6O3S/c1-14-13-30-10-9-27(14)19-11-18(15-5-8-26(12-15)31(2,28)29)24-21(25-19)17-4-7-23-20-16(17)3-6-22-20/h3-4,6-7,11,14-15H,5,8-10,12-13H2,1-2H3,(H,22,23)/t14-,15?/m1/s1. The minimum absolute atomic E-state index is 0.0372. The maximum atomic E-state index is 12.0. The van der Waals surface area contributed by atoms with E-state index < -0.39 is 10.0 Å². The molecule has 164 valence electrons. The number of ether oxygens (including phenoxy) is 1. The molecule has 0 bridgehead atoms. The average Bonchev–Trinajstić information content (AvgIpc) is 3.43. The molecule has 0 aromatic carbocycles. The van der Waals surface area contributed by atoms with Gasteiger partial charge < -0.3 is 14.6 Å². The van der Waals surface area contributed by atoms with E-state index in [4.69, 9.17) is 14.7 Å². The number of sulfonamides is 1. The molecule has 2 atom stereocenters. The number of fused-ring (bicyclic) bond motifs is 1. The van der Waals surface area contributed by atoms with Gasteiger partial charge in [-0.05, 0) is 25.5 Å². The minimum Gasteiger partial charge on any atom is -0.377 e. The van der Waals surface area contributed by atoms with Crippen LogP contribution < -0.4 is 4.90 Å². The third-order valence-electron chi connectivity index (χ3n) is 6.13. The van der Waals surface area contributed by atoms with Gasteiger partial charge in [0.25, 0.3) is 0 Å². The van der Waals surface area contributed by atoms with Gasteiger partial charge in [0.05, 0.1) is 31.2 Å². The molecule has 31 heavy (non-hydrogen) atoms. The van der Waals surface area contributed by atoms with E-state index in [1.165, 1.54) is 10.6 Å². The molecule has 5 heterocycles. The highest BCUT2D eigenvalue weighted by Gasteiger charge is 2.32. The lowest BCUT2D eigenvalue weighted by Crippen LogP contribution is -2.44. The van der Waals surface area contributed by atoms with E-state index >= 15 is 0 Å². The third-order valence-corrected chi connectivity index (χ3v) is 7.40. The molecule has 10 heteroatoms. The Balaban J connectivity index is 1.60. The molecule has 0 spiro atoms.